The van der Waals surface area contributed by atoms with Crippen LogP contribution in [0.3, 0.4) is 0 Å². The quantitative estimate of drug-likeness (QED) is 0.549. The van der Waals surface area contributed by atoms with E-state index >= 15 is 0 Å². The monoisotopic (exact) mass is 337 g/mol. The van der Waals surface area contributed by atoms with Crippen LogP contribution in [0, 0.1) is 10.1 Å². The SMILES string of the molecule is O=C(N[C@@H](Cn1cncn1)c1ccccc1)c1ccccc1[N+](=O)[O-]. The molecule has 0 fully saturated rings. The van der Waals surface area contributed by atoms with E-state index in [1.165, 1.54) is 24.5 Å². The summed E-state index contributed by atoms with van der Waals surface area (Å²) >= 11 is 0. The Kier molecular flexibility index (Phi) is 4.79. The molecule has 0 aliphatic heterocycles. The topological polar surface area (TPSA) is 103 Å². The molecule has 1 aromatic heterocycles. The van der Waals surface area contributed by atoms with E-state index in [2.05, 4.69) is 15.4 Å². The van der Waals surface area contributed by atoms with Crippen LogP contribution in [0.15, 0.2) is 67.3 Å². The molecular weight excluding hydrogens is 322 g/mol. The van der Waals surface area contributed by atoms with Crippen molar-refractivity contribution in [2.75, 3.05) is 0 Å². The molecule has 0 bridgehead atoms. The van der Waals surface area contributed by atoms with Crippen molar-refractivity contribution in [2.45, 2.75) is 12.6 Å². The van der Waals surface area contributed by atoms with Gasteiger partial charge in [0, 0.05) is 6.07 Å². The van der Waals surface area contributed by atoms with Gasteiger partial charge in [-0.2, -0.15) is 5.10 Å². The molecule has 2 aromatic carbocycles. The maximum Gasteiger partial charge on any atom is 0.282 e. The molecule has 25 heavy (non-hydrogen) atoms. The molecular formula is C17H15N5O3. The minimum absolute atomic E-state index is 0.0204. The Morgan fingerprint density at radius 3 is 2.56 bits per heavy atom. The number of nitro benzene ring substituents is 1. The molecule has 1 N–H and O–H groups in total. The smallest absolute Gasteiger partial charge is 0.282 e. The van der Waals surface area contributed by atoms with Crippen molar-refractivity contribution < 1.29 is 9.72 Å². The number of nitrogens with zero attached hydrogens (tertiary/aromatic N) is 4. The minimum Gasteiger partial charge on any atom is -0.343 e. The largest absolute Gasteiger partial charge is 0.343 e. The van der Waals surface area contributed by atoms with E-state index in [9.17, 15) is 14.9 Å². The van der Waals surface area contributed by atoms with Crippen molar-refractivity contribution >= 4 is 11.6 Å². The van der Waals surface area contributed by atoms with Crippen molar-refractivity contribution in [2.24, 2.45) is 0 Å². The molecule has 3 aromatic rings. The third-order valence-electron chi connectivity index (χ3n) is 3.69. The number of para-hydroxylation sites is 1. The number of hydrogen-bond donors (Lipinski definition) is 1. The second-order valence-electron chi connectivity index (χ2n) is 5.33. The van der Waals surface area contributed by atoms with Crippen molar-refractivity contribution in [3.8, 4) is 0 Å². The van der Waals surface area contributed by atoms with Crippen molar-refractivity contribution in [1.82, 2.24) is 20.1 Å². The third kappa shape index (κ3) is 3.86. The van der Waals surface area contributed by atoms with Gasteiger partial charge in [-0.3, -0.25) is 19.6 Å². The number of benzene rings is 2. The van der Waals surface area contributed by atoms with Crippen LogP contribution >= 0.6 is 0 Å². The number of nitro groups is 1. The Hall–Kier alpha value is -3.55. The van der Waals surface area contributed by atoms with Crippen LogP contribution in [0.4, 0.5) is 5.69 Å². The Morgan fingerprint density at radius 2 is 1.88 bits per heavy atom. The van der Waals surface area contributed by atoms with Gasteiger partial charge in [0.2, 0.25) is 0 Å². The van der Waals surface area contributed by atoms with Gasteiger partial charge in [-0.05, 0) is 11.6 Å². The molecule has 0 saturated heterocycles. The first-order valence-electron chi connectivity index (χ1n) is 7.57. The highest BCUT2D eigenvalue weighted by molar-refractivity contribution is 5.98. The first-order valence-corrected chi connectivity index (χ1v) is 7.57. The fourth-order valence-corrected chi connectivity index (χ4v) is 2.49. The first-order chi connectivity index (χ1) is 12.1. The molecule has 0 unspecified atom stereocenters. The van der Waals surface area contributed by atoms with Crippen LogP contribution in [0.2, 0.25) is 0 Å². The van der Waals surface area contributed by atoms with Crippen molar-refractivity contribution in [3.63, 3.8) is 0 Å². The summed E-state index contributed by atoms with van der Waals surface area (Å²) in [7, 11) is 0. The second kappa shape index (κ2) is 7.35. The molecule has 126 valence electrons. The lowest BCUT2D eigenvalue weighted by molar-refractivity contribution is -0.385. The lowest BCUT2D eigenvalue weighted by atomic mass is 10.1. The molecule has 1 atom stereocenters. The van der Waals surface area contributed by atoms with Gasteiger partial charge in [0.15, 0.2) is 0 Å². The van der Waals surface area contributed by atoms with Gasteiger partial charge in [-0.25, -0.2) is 4.98 Å². The zero-order valence-electron chi connectivity index (χ0n) is 13.1. The van der Waals surface area contributed by atoms with Gasteiger partial charge < -0.3 is 5.32 Å². The summed E-state index contributed by atoms with van der Waals surface area (Å²) in [6, 6.07) is 14.8. The summed E-state index contributed by atoms with van der Waals surface area (Å²) in [6.45, 7) is 0.358. The van der Waals surface area contributed by atoms with Crippen LogP contribution in [-0.4, -0.2) is 25.6 Å². The molecule has 0 saturated carbocycles. The molecule has 3 rings (SSSR count). The number of aromatic nitrogens is 3. The lowest BCUT2D eigenvalue weighted by Gasteiger charge is -2.19. The van der Waals surface area contributed by atoms with E-state index < -0.39 is 16.9 Å². The zero-order valence-corrected chi connectivity index (χ0v) is 13.1. The summed E-state index contributed by atoms with van der Waals surface area (Å²) in [5.74, 6) is -0.513. The normalized spacial score (nSPS) is 11.7. The second-order valence-corrected chi connectivity index (χ2v) is 5.33. The molecule has 8 nitrogen and oxygen atoms in total. The zero-order chi connectivity index (χ0) is 17.6. The molecule has 0 aliphatic rings. The molecule has 1 heterocycles. The number of hydrogen-bond acceptors (Lipinski definition) is 5. The van der Waals surface area contributed by atoms with Gasteiger partial charge in [0.05, 0.1) is 17.5 Å². The van der Waals surface area contributed by atoms with E-state index in [1.54, 1.807) is 17.1 Å². The maximum absolute atomic E-state index is 12.6. The van der Waals surface area contributed by atoms with Crippen LogP contribution < -0.4 is 5.32 Å². The third-order valence-corrected chi connectivity index (χ3v) is 3.69. The average molecular weight is 337 g/mol. The number of amides is 1. The average Bonchev–Trinajstić information content (AvgIpc) is 3.15. The van der Waals surface area contributed by atoms with Crippen molar-refractivity contribution in [1.29, 1.82) is 0 Å². The Morgan fingerprint density at radius 1 is 1.16 bits per heavy atom. The first kappa shape index (κ1) is 16.3. The number of carbonyl (C=O) groups excluding carboxylic acids is 1. The van der Waals surface area contributed by atoms with E-state index in [0.29, 0.717) is 6.54 Å². The van der Waals surface area contributed by atoms with Gasteiger partial charge in [-0.1, -0.05) is 42.5 Å². The number of carbonyl (C=O) groups is 1. The van der Waals surface area contributed by atoms with Crippen LogP contribution in [0.25, 0.3) is 0 Å². The van der Waals surface area contributed by atoms with Gasteiger partial charge in [0.1, 0.15) is 18.2 Å². The van der Waals surface area contributed by atoms with E-state index in [-0.39, 0.29) is 11.3 Å². The van der Waals surface area contributed by atoms with E-state index in [4.69, 9.17) is 0 Å². The fraction of sp³-hybridized carbons (Fsp3) is 0.118. The van der Waals surface area contributed by atoms with E-state index in [0.717, 1.165) is 5.56 Å². The molecule has 0 spiro atoms. The molecule has 0 aliphatic carbocycles. The lowest BCUT2D eigenvalue weighted by Crippen LogP contribution is -2.32. The van der Waals surface area contributed by atoms with Gasteiger partial charge in [0.25, 0.3) is 11.6 Å². The summed E-state index contributed by atoms with van der Waals surface area (Å²) < 4.78 is 1.59. The van der Waals surface area contributed by atoms with E-state index in [1.807, 2.05) is 30.3 Å². The Bertz CT molecular complexity index is 865. The summed E-state index contributed by atoms with van der Waals surface area (Å²) in [4.78, 5) is 27.1. The molecule has 1 amide bonds. The number of rotatable bonds is 6. The van der Waals surface area contributed by atoms with Gasteiger partial charge in [-0.15, -0.1) is 0 Å². The maximum atomic E-state index is 12.6. The predicted octanol–water partition coefficient (Wildman–Crippen LogP) is 2.36. The van der Waals surface area contributed by atoms with Gasteiger partial charge >= 0.3 is 0 Å². The summed E-state index contributed by atoms with van der Waals surface area (Å²) in [5.41, 5.74) is 0.657. The Balaban J connectivity index is 1.87. The standard InChI is InChI=1S/C17H15N5O3/c23-17(14-8-4-5-9-16(14)22(24)25)20-15(10-21-12-18-11-19-21)13-6-2-1-3-7-13/h1-9,11-12,15H,10H2,(H,20,23)/t15-/m0/s1. The van der Waals surface area contributed by atoms with Crippen LogP contribution in [0.5, 0.6) is 0 Å². The molecule has 8 heteroatoms. The van der Waals surface area contributed by atoms with Crippen molar-refractivity contribution in [3.05, 3.63) is 88.5 Å². The highest BCUT2D eigenvalue weighted by atomic mass is 16.6. The summed E-state index contributed by atoms with van der Waals surface area (Å²) in [6.07, 6.45) is 2.96. The molecule has 0 radical (unpaired) electrons. The van der Waals surface area contributed by atoms with Crippen LogP contribution in [0.1, 0.15) is 22.0 Å². The summed E-state index contributed by atoms with van der Waals surface area (Å²) in [5, 5.41) is 18.0. The predicted molar refractivity (Wildman–Crippen MR) is 89.8 cm³/mol. The number of nitrogens with one attached hydrogen (secondary N) is 1. The highest BCUT2D eigenvalue weighted by Gasteiger charge is 2.22. The minimum atomic E-state index is -0.566. The fourth-order valence-electron chi connectivity index (χ4n) is 2.49. The highest BCUT2D eigenvalue weighted by Crippen LogP contribution is 2.20. The Labute approximate surface area is 143 Å². The van der Waals surface area contributed by atoms with Crippen LogP contribution in [-0.2, 0) is 6.54 Å².